The summed E-state index contributed by atoms with van der Waals surface area (Å²) >= 11 is 9.55. The van der Waals surface area contributed by atoms with E-state index in [2.05, 4.69) is 68.9 Å². The molecule has 0 fully saturated rings. The molecule has 0 amide bonds. The Hall–Kier alpha value is -2.55. The van der Waals surface area contributed by atoms with E-state index in [-0.39, 0.29) is 18.0 Å². The van der Waals surface area contributed by atoms with Crippen molar-refractivity contribution in [3.8, 4) is 11.6 Å². The smallest absolute Gasteiger partial charge is 0.214 e. The topological polar surface area (TPSA) is 67.1 Å². The number of halogens is 1. The van der Waals surface area contributed by atoms with Crippen LogP contribution in [0.3, 0.4) is 0 Å². The van der Waals surface area contributed by atoms with Gasteiger partial charge in [-0.15, -0.1) is 0 Å². The molecule has 3 heterocycles. The van der Waals surface area contributed by atoms with E-state index in [1.54, 1.807) is 0 Å². The summed E-state index contributed by atoms with van der Waals surface area (Å²) in [7, 11) is 0. The first-order valence-electron chi connectivity index (χ1n) is 12.6. The molecule has 4 aromatic rings. The van der Waals surface area contributed by atoms with Gasteiger partial charge in [0.25, 0.3) is 0 Å². The number of aromatic nitrogens is 3. The second kappa shape index (κ2) is 10.1. The van der Waals surface area contributed by atoms with Gasteiger partial charge < -0.3 is 24.7 Å². The van der Waals surface area contributed by atoms with Gasteiger partial charge in [-0.05, 0) is 80.5 Å². The van der Waals surface area contributed by atoms with E-state index >= 15 is 0 Å². The quantitative estimate of drug-likeness (QED) is 0.141. The number of hydrogen-bond acceptors (Lipinski definition) is 4. The minimum atomic E-state index is -0.169. The van der Waals surface area contributed by atoms with Gasteiger partial charge in [0.05, 0.1) is 12.3 Å². The van der Waals surface area contributed by atoms with Gasteiger partial charge >= 0.3 is 0 Å². The standard InChI is InChI=1S/C28H33BrN4O2S/c1-16(2)30-12-5-13-35-20-9-6-18(7-10-20)26-25-22(21-14-19(29)8-11-23(21)31-25)15-24-27(34)32(17(3)4)28(36)33(24)26/h6-11,14,16-17,26,30-31,34H,5,12-13,15H2,1-4H3. The van der Waals surface area contributed by atoms with Crippen LogP contribution in [0.2, 0.25) is 0 Å². The number of imidazole rings is 1. The molecule has 0 radical (unpaired) electrons. The second-order valence-corrected chi connectivity index (χ2v) is 11.3. The first-order valence-corrected chi connectivity index (χ1v) is 13.8. The number of nitrogens with one attached hydrogen (secondary N) is 2. The Balaban J connectivity index is 1.54. The van der Waals surface area contributed by atoms with Gasteiger partial charge in [0.2, 0.25) is 5.88 Å². The SMILES string of the molecule is CC(C)NCCCOc1ccc(C2c3[nH]c4ccc(Br)cc4c3Cc3c(O)n(C(C)C)c(=S)n32)cc1. The molecule has 0 saturated heterocycles. The van der Waals surface area contributed by atoms with Crippen molar-refractivity contribution in [3.05, 3.63) is 74.2 Å². The number of ether oxygens (including phenoxy) is 1. The molecule has 0 spiro atoms. The van der Waals surface area contributed by atoms with Crippen LogP contribution in [0.25, 0.3) is 10.9 Å². The number of aromatic hydroxyl groups is 1. The molecule has 0 saturated carbocycles. The molecule has 1 aliphatic heterocycles. The predicted octanol–water partition coefficient (Wildman–Crippen LogP) is 6.86. The van der Waals surface area contributed by atoms with Crippen molar-refractivity contribution in [3.63, 3.8) is 0 Å². The molecule has 0 aliphatic carbocycles. The van der Waals surface area contributed by atoms with E-state index in [1.807, 2.05) is 36.6 Å². The third kappa shape index (κ3) is 4.51. The lowest BCUT2D eigenvalue weighted by Crippen LogP contribution is -2.24. The van der Waals surface area contributed by atoms with Crippen LogP contribution >= 0.6 is 28.1 Å². The molecule has 190 valence electrons. The Morgan fingerprint density at radius 3 is 2.61 bits per heavy atom. The molecule has 1 atom stereocenters. The van der Waals surface area contributed by atoms with E-state index in [1.165, 1.54) is 5.56 Å². The Morgan fingerprint density at radius 2 is 1.92 bits per heavy atom. The zero-order chi connectivity index (χ0) is 25.6. The fourth-order valence-corrected chi connectivity index (χ4v) is 6.01. The Bertz CT molecular complexity index is 1450. The molecule has 8 heteroatoms. The van der Waals surface area contributed by atoms with Crippen LogP contribution in [0, 0.1) is 4.77 Å². The van der Waals surface area contributed by atoms with Gasteiger partial charge in [-0.1, -0.05) is 41.9 Å². The molecule has 36 heavy (non-hydrogen) atoms. The third-order valence-corrected chi connectivity index (χ3v) is 7.71. The zero-order valence-electron chi connectivity index (χ0n) is 21.1. The molecule has 6 nitrogen and oxygen atoms in total. The van der Waals surface area contributed by atoms with Crippen molar-refractivity contribution in [2.45, 2.75) is 58.7 Å². The van der Waals surface area contributed by atoms with Crippen molar-refractivity contribution in [1.82, 2.24) is 19.4 Å². The summed E-state index contributed by atoms with van der Waals surface area (Å²) in [6, 6.07) is 14.9. The van der Waals surface area contributed by atoms with Crippen LogP contribution in [0.15, 0.2) is 46.9 Å². The average molecular weight is 570 g/mol. The maximum Gasteiger partial charge on any atom is 0.214 e. The number of H-pyrrole nitrogens is 1. The minimum absolute atomic E-state index is 0.0569. The Morgan fingerprint density at radius 1 is 1.17 bits per heavy atom. The normalized spacial score (nSPS) is 15.0. The Kier molecular flexibility index (Phi) is 7.03. The van der Waals surface area contributed by atoms with E-state index in [0.717, 1.165) is 51.0 Å². The monoisotopic (exact) mass is 568 g/mol. The first-order chi connectivity index (χ1) is 17.3. The number of fused-ring (bicyclic) bond motifs is 4. The maximum absolute atomic E-state index is 11.2. The number of nitrogens with zero attached hydrogens (tertiary/aromatic N) is 2. The molecule has 5 rings (SSSR count). The van der Waals surface area contributed by atoms with Gasteiger partial charge in [-0.25, -0.2) is 0 Å². The molecule has 1 unspecified atom stereocenters. The summed E-state index contributed by atoms with van der Waals surface area (Å²) < 4.78 is 11.6. The van der Waals surface area contributed by atoms with Gasteiger partial charge in [0.1, 0.15) is 11.8 Å². The van der Waals surface area contributed by atoms with Gasteiger partial charge in [0, 0.05) is 39.6 Å². The van der Waals surface area contributed by atoms with E-state index < -0.39 is 0 Å². The van der Waals surface area contributed by atoms with E-state index in [0.29, 0.717) is 23.8 Å². The van der Waals surface area contributed by atoms with Crippen molar-refractivity contribution >= 4 is 39.1 Å². The largest absolute Gasteiger partial charge is 0.494 e. The molecule has 1 aliphatic rings. The van der Waals surface area contributed by atoms with Crippen molar-refractivity contribution < 1.29 is 9.84 Å². The zero-order valence-corrected chi connectivity index (χ0v) is 23.5. The lowest BCUT2D eigenvalue weighted by atomic mass is 9.93. The summed E-state index contributed by atoms with van der Waals surface area (Å²) in [6.45, 7) is 10.00. The fourth-order valence-electron chi connectivity index (χ4n) is 5.14. The van der Waals surface area contributed by atoms with Crippen molar-refractivity contribution in [2.24, 2.45) is 0 Å². The van der Waals surface area contributed by atoms with Crippen LogP contribution in [-0.4, -0.2) is 38.4 Å². The van der Waals surface area contributed by atoms with Crippen molar-refractivity contribution in [2.75, 3.05) is 13.2 Å². The molecular weight excluding hydrogens is 536 g/mol. The van der Waals surface area contributed by atoms with Crippen LogP contribution in [0.5, 0.6) is 11.6 Å². The van der Waals surface area contributed by atoms with Crippen LogP contribution < -0.4 is 10.1 Å². The Labute approximate surface area is 225 Å². The summed E-state index contributed by atoms with van der Waals surface area (Å²) in [5, 5.41) is 15.8. The molecule has 0 bridgehead atoms. The highest BCUT2D eigenvalue weighted by Crippen LogP contribution is 2.44. The summed E-state index contributed by atoms with van der Waals surface area (Å²) in [5.41, 5.74) is 5.33. The maximum atomic E-state index is 11.2. The van der Waals surface area contributed by atoms with E-state index in [4.69, 9.17) is 17.0 Å². The highest BCUT2D eigenvalue weighted by molar-refractivity contribution is 9.10. The lowest BCUT2D eigenvalue weighted by molar-refractivity contribution is 0.306. The summed E-state index contributed by atoms with van der Waals surface area (Å²) in [5.74, 6) is 1.11. The van der Waals surface area contributed by atoms with Crippen LogP contribution in [0.1, 0.15) is 68.7 Å². The molecular formula is C28H33BrN4O2S. The highest BCUT2D eigenvalue weighted by atomic mass is 79.9. The first kappa shape index (κ1) is 25.1. The summed E-state index contributed by atoms with van der Waals surface area (Å²) in [6.07, 6.45) is 1.57. The molecule has 3 N–H and O–H groups in total. The number of aromatic amines is 1. The third-order valence-electron chi connectivity index (χ3n) is 6.82. The lowest BCUT2D eigenvalue weighted by Gasteiger charge is -2.27. The summed E-state index contributed by atoms with van der Waals surface area (Å²) in [4.78, 5) is 3.67. The van der Waals surface area contributed by atoms with E-state index in [9.17, 15) is 5.11 Å². The number of rotatable bonds is 8. The van der Waals surface area contributed by atoms with Gasteiger partial charge in [0.15, 0.2) is 4.77 Å². The molecule has 2 aromatic carbocycles. The fraction of sp³-hybridized carbons (Fsp3) is 0.393. The van der Waals surface area contributed by atoms with Crippen LogP contribution in [-0.2, 0) is 6.42 Å². The number of hydrogen-bond donors (Lipinski definition) is 3. The van der Waals surface area contributed by atoms with Gasteiger partial charge in [-0.2, -0.15) is 0 Å². The highest BCUT2D eigenvalue weighted by Gasteiger charge is 2.34. The van der Waals surface area contributed by atoms with Crippen LogP contribution in [0.4, 0.5) is 0 Å². The van der Waals surface area contributed by atoms with Gasteiger partial charge in [-0.3, -0.25) is 4.57 Å². The number of benzene rings is 2. The van der Waals surface area contributed by atoms with Crippen molar-refractivity contribution in [1.29, 1.82) is 0 Å². The molecule has 2 aromatic heterocycles. The predicted molar refractivity (Wildman–Crippen MR) is 151 cm³/mol. The average Bonchev–Trinajstić information content (AvgIpc) is 3.32. The second-order valence-electron chi connectivity index (χ2n) is 10.1. The minimum Gasteiger partial charge on any atom is -0.494 e.